The lowest BCUT2D eigenvalue weighted by atomic mass is 9.98. The molecule has 0 saturated heterocycles. The van der Waals surface area contributed by atoms with Gasteiger partial charge in [-0.3, -0.25) is 4.79 Å². The highest BCUT2D eigenvalue weighted by Gasteiger charge is 2.21. The summed E-state index contributed by atoms with van der Waals surface area (Å²) in [7, 11) is 4.02. The molecule has 0 radical (unpaired) electrons. The lowest BCUT2D eigenvalue weighted by Gasteiger charge is -2.11. The van der Waals surface area contributed by atoms with E-state index >= 15 is 0 Å². The summed E-state index contributed by atoms with van der Waals surface area (Å²) >= 11 is 0. The molecule has 2 aromatic carbocycles. The van der Waals surface area contributed by atoms with Crippen LogP contribution < -0.4 is 4.74 Å². The van der Waals surface area contributed by atoms with Gasteiger partial charge in [0, 0.05) is 23.9 Å². The average molecular weight is 365 g/mol. The highest BCUT2D eigenvalue weighted by Crippen LogP contribution is 2.29. The first-order chi connectivity index (χ1) is 13.1. The molecule has 4 nitrogen and oxygen atoms in total. The number of ketones is 1. The second kappa shape index (κ2) is 8.87. The fourth-order valence-electron chi connectivity index (χ4n) is 3.05. The quantitative estimate of drug-likeness (QED) is 0.503. The third-order valence-corrected chi connectivity index (χ3v) is 4.58. The van der Waals surface area contributed by atoms with Crippen molar-refractivity contribution in [1.29, 1.82) is 0 Å². The molecule has 0 aliphatic carbocycles. The largest absolute Gasteiger partial charge is 0.492 e. The van der Waals surface area contributed by atoms with E-state index in [1.807, 2.05) is 62.6 Å². The first kappa shape index (κ1) is 19.2. The van der Waals surface area contributed by atoms with E-state index in [0.29, 0.717) is 17.7 Å². The Morgan fingerprint density at radius 3 is 2.52 bits per heavy atom. The Labute approximate surface area is 160 Å². The van der Waals surface area contributed by atoms with Crippen LogP contribution >= 0.6 is 0 Å². The van der Waals surface area contributed by atoms with Gasteiger partial charge in [-0.1, -0.05) is 31.5 Å². The summed E-state index contributed by atoms with van der Waals surface area (Å²) < 4.78 is 11.7. The first-order valence-corrected chi connectivity index (χ1v) is 9.53. The fraction of sp³-hybridized carbons (Fsp3) is 0.348. The number of ether oxygens (including phenoxy) is 1. The number of rotatable bonds is 9. The molecule has 0 unspecified atom stereocenters. The second-order valence-corrected chi connectivity index (χ2v) is 7.01. The number of carbonyl (C=O) groups is 1. The number of carbonyl (C=O) groups excluding carboxylic acids is 1. The van der Waals surface area contributed by atoms with Crippen molar-refractivity contribution in [2.75, 3.05) is 27.2 Å². The third-order valence-electron chi connectivity index (χ3n) is 4.58. The molecule has 27 heavy (non-hydrogen) atoms. The van der Waals surface area contributed by atoms with Crippen LogP contribution in [0.3, 0.4) is 0 Å². The lowest BCUT2D eigenvalue weighted by Crippen LogP contribution is -2.19. The number of unbranched alkanes of at least 4 members (excludes halogenated alkanes) is 1. The number of aryl methyl sites for hydroxylation is 1. The number of hydrogen-bond acceptors (Lipinski definition) is 4. The molecule has 0 N–H and O–H groups in total. The molecule has 4 heteroatoms. The summed E-state index contributed by atoms with van der Waals surface area (Å²) in [5, 5.41) is 0.889. The van der Waals surface area contributed by atoms with E-state index in [-0.39, 0.29) is 5.78 Å². The van der Waals surface area contributed by atoms with E-state index in [0.717, 1.165) is 48.3 Å². The highest BCUT2D eigenvalue weighted by molar-refractivity contribution is 6.16. The Morgan fingerprint density at radius 2 is 1.81 bits per heavy atom. The minimum absolute atomic E-state index is 0.00546. The molecule has 0 bridgehead atoms. The number of hydrogen-bond donors (Lipinski definition) is 0. The zero-order valence-electron chi connectivity index (χ0n) is 16.3. The monoisotopic (exact) mass is 365 g/mol. The summed E-state index contributed by atoms with van der Waals surface area (Å²) in [6.45, 7) is 3.61. The van der Waals surface area contributed by atoms with Crippen LogP contribution in [0.4, 0.5) is 0 Å². The number of nitrogens with zero attached hydrogens (tertiary/aromatic N) is 1. The van der Waals surface area contributed by atoms with Crippen molar-refractivity contribution in [2.24, 2.45) is 0 Å². The predicted molar refractivity (Wildman–Crippen MR) is 109 cm³/mol. The van der Waals surface area contributed by atoms with Gasteiger partial charge >= 0.3 is 0 Å². The summed E-state index contributed by atoms with van der Waals surface area (Å²) in [6, 6.07) is 15.1. The zero-order valence-corrected chi connectivity index (χ0v) is 16.3. The van der Waals surface area contributed by atoms with Gasteiger partial charge in [0.2, 0.25) is 0 Å². The van der Waals surface area contributed by atoms with Gasteiger partial charge in [-0.15, -0.1) is 0 Å². The van der Waals surface area contributed by atoms with Gasteiger partial charge in [-0.05, 0) is 50.8 Å². The maximum Gasteiger partial charge on any atom is 0.197 e. The molecule has 1 aromatic heterocycles. The molecular formula is C23H27NO3. The van der Waals surface area contributed by atoms with Crippen LogP contribution in [0.1, 0.15) is 41.4 Å². The Hall–Kier alpha value is -2.59. The minimum Gasteiger partial charge on any atom is -0.492 e. The molecule has 0 fully saturated rings. The van der Waals surface area contributed by atoms with Gasteiger partial charge in [0.05, 0.1) is 5.56 Å². The Balaban J connectivity index is 1.84. The van der Waals surface area contributed by atoms with E-state index < -0.39 is 0 Å². The van der Waals surface area contributed by atoms with Gasteiger partial charge in [-0.25, -0.2) is 0 Å². The number of fused-ring (bicyclic) bond motifs is 1. The standard InChI is InChI=1S/C23H27NO3/c1-4-5-9-21-22(19-8-6-7-10-20(19)27-21)23(25)17-11-13-18(14-12-17)26-16-15-24(2)3/h6-8,10-14H,4-5,9,15-16H2,1-3H3. The molecule has 0 atom stereocenters. The number of para-hydroxylation sites is 1. The van der Waals surface area contributed by atoms with Gasteiger partial charge in [-0.2, -0.15) is 0 Å². The van der Waals surface area contributed by atoms with Crippen molar-refractivity contribution in [1.82, 2.24) is 4.90 Å². The molecule has 3 aromatic rings. The predicted octanol–water partition coefficient (Wildman–Crippen LogP) is 4.95. The van der Waals surface area contributed by atoms with Crippen molar-refractivity contribution in [3.05, 3.63) is 65.4 Å². The highest BCUT2D eigenvalue weighted by atomic mass is 16.5. The van der Waals surface area contributed by atoms with Crippen LogP contribution in [0.15, 0.2) is 52.9 Å². The van der Waals surface area contributed by atoms with Crippen LogP contribution in [0.2, 0.25) is 0 Å². The molecule has 0 aliphatic heterocycles. The fourth-order valence-corrected chi connectivity index (χ4v) is 3.05. The van der Waals surface area contributed by atoms with Crippen molar-refractivity contribution in [3.8, 4) is 5.75 Å². The van der Waals surface area contributed by atoms with Crippen LogP contribution in [0.5, 0.6) is 5.75 Å². The van der Waals surface area contributed by atoms with E-state index in [1.165, 1.54) is 0 Å². The van der Waals surface area contributed by atoms with Gasteiger partial charge in [0.25, 0.3) is 0 Å². The molecule has 142 valence electrons. The maximum absolute atomic E-state index is 13.2. The maximum atomic E-state index is 13.2. The van der Waals surface area contributed by atoms with Crippen LogP contribution in [-0.2, 0) is 6.42 Å². The smallest absolute Gasteiger partial charge is 0.197 e. The number of likely N-dealkylation sites (N-methyl/N-ethyl adjacent to an activating group) is 1. The number of furan rings is 1. The summed E-state index contributed by atoms with van der Waals surface area (Å²) in [4.78, 5) is 15.3. The van der Waals surface area contributed by atoms with Gasteiger partial charge in [0.1, 0.15) is 23.7 Å². The van der Waals surface area contributed by atoms with E-state index in [2.05, 4.69) is 11.8 Å². The summed E-state index contributed by atoms with van der Waals surface area (Å²) in [6.07, 6.45) is 2.83. The second-order valence-electron chi connectivity index (χ2n) is 7.01. The summed E-state index contributed by atoms with van der Waals surface area (Å²) in [5.41, 5.74) is 2.12. The van der Waals surface area contributed by atoms with Crippen LogP contribution in [-0.4, -0.2) is 37.9 Å². The topological polar surface area (TPSA) is 42.7 Å². The summed E-state index contributed by atoms with van der Waals surface area (Å²) in [5.74, 6) is 1.57. The Kier molecular flexibility index (Phi) is 6.30. The molecule has 0 saturated carbocycles. The van der Waals surface area contributed by atoms with Crippen molar-refractivity contribution >= 4 is 16.8 Å². The molecule has 0 aliphatic rings. The molecular weight excluding hydrogens is 338 g/mol. The minimum atomic E-state index is 0.00546. The molecule has 3 rings (SSSR count). The van der Waals surface area contributed by atoms with Crippen LogP contribution in [0, 0.1) is 0 Å². The SMILES string of the molecule is CCCCc1oc2ccccc2c1C(=O)c1ccc(OCCN(C)C)cc1. The Bertz CT molecular complexity index is 894. The molecule has 1 heterocycles. The van der Waals surface area contributed by atoms with E-state index in [4.69, 9.17) is 9.15 Å². The zero-order chi connectivity index (χ0) is 19.2. The van der Waals surface area contributed by atoms with E-state index in [9.17, 15) is 4.79 Å². The molecule has 0 spiro atoms. The van der Waals surface area contributed by atoms with Crippen molar-refractivity contribution < 1.29 is 13.9 Å². The van der Waals surface area contributed by atoms with Crippen LogP contribution in [0.25, 0.3) is 11.0 Å². The number of benzene rings is 2. The van der Waals surface area contributed by atoms with E-state index in [1.54, 1.807) is 0 Å². The average Bonchev–Trinajstić information content (AvgIpc) is 3.04. The normalized spacial score (nSPS) is 11.3. The first-order valence-electron chi connectivity index (χ1n) is 9.53. The van der Waals surface area contributed by atoms with Crippen molar-refractivity contribution in [3.63, 3.8) is 0 Å². The lowest BCUT2D eigenvalue weighted by molar-refractivity contribution is 0.103. The Morgan fingerprint density at radius 1 is 1.07 bits per heavy atom. The van der Waals surface area contributed by atoms with Gasteiger partial charge < -0.3 is 14.1 Å². The third kappa shape index (κ3) is 4.58. The van der Waals surface area contributed by atoms with Crippen molar-refractivity contribution in [2.45, 2.75) is 26.2 Å². The van der Waals surface area contributed by atoms with Gasteiger partial charge in [0.15, 0.2) is 5.78 Å². The molecule has 0 amide bonds.